The number of amides is 2. The minimum Gasteiger partial charge on any atom is -0.399 e. The zero-order valence-electron chi connectivity index (χ0n) is 11.6. The van der Waals surface area contributed by atoms with Gasteiger partial charge in [0, 0.05) is 18.8 Å². The number of nitrogen functional groups attached to an aromatic ring is 1. The van der Waals surface area contributed by atoms with Crippen LogP contribution in [0.3, 0.4) is 0 Å². The minimum absolute atomic E-state index is 0.0166. The highest BCUT2D eigenvalue weighted by Gasteiger charge is 2.24. The predicted octanol–water partition coefficient (Wildman–Crippen LogP) is 1.69. The van der Waals surface area contributed by atoms with Gasteiger partial charge in [-0.3, -0.25) is 0 Å². The SMILES string of the molecule is Nc1ccc2c(c1)CCCC2NC(=O)N1CCOCC1. The summed E-state index contributed by atoms with van der Waals surface area (Å²) in [6.45, 7) is 2.61. The number of hydrogen-bond donors (Lipinski definition) is 2. The Morgan fingerprint density at radius 1 is 1.35 bits per heavy atom. The van der Waals surface area contributed by atoms with Crippen LogP contribution in [0, 0.1) is 0 Å². The number of carbonyl (C=O) groups excluding carboxylic acids is 1. The van der Waals surface area contributed by atoms with Crippen molar-refractivity contribution >= 4 is 11.7 Å². The van der Waals surface area contributed by atoms with Gasteiger partial charge in [-0.1, -0.05) is 6.07 Å². The fourth-order valence-corrected chi connectivity index (χ4v) is 2.99. The number of anilines is 1. The van der Waals surface area contributed by atoms with Crippen molar-refractivity contribution in [1.82, 2.24) is 10.2 Å². The molecule has 1 unspecified atom stereocenters. The first-order valence-electron chi connectivity index (χ1n) is 7.25. The summed E-state index contributed by atoms with van der Waals surface area (Å²) in [7, 11) is 0. The van der Waals surface area contributed by atoms with Crippen molar-refractivity contribution in [2.45, 2.75) is 25.3 Å². The largest absolute Gasteiger partial charge is 0.399 e. The molecule has 5 nitrogen and oxygen atoms in total. The second-order valence-corrected chi connectivity index (χ2v) is 5.45. The third-order valence-corrected chi connectivity index (χ3v) is 4.08. The Labute approximate surface area is 119 Å². The van der Waals surface area contributed by atoms with Crippen molar-refractivity contribution in [2.75, 3.05) is 32.0 Å². The molecule has 108 valence electrons. The van der Waals surface area contributed by atoms with Gasteiger partial charge in [0.05, 0.1) is 19.3 Å². The van der Waals surface area contributed by atoms with Crippen molar-refractivity contribution in [2.24, 2.45) is 0 Å². The van der Waals surface area contributed by atoms with Crippen LogP contribution in [-0.4, -0.2) is 37.2 Å². The summed E-state index contributed by atoms with van der Waals surface area (Å²) in [4.78, 5) is 14.1. The number of hydrogen-bond acceptors (Lipinski definition) is 3. The molecule has 2 amide bonds. The molecule has 1 aliphatic carbocycles. The average molecular weight is 275 g/mol. The number of benzene rings is 1. The van der Waals surface area contributed by atoms with Crippen molar-refractivity contribution in [3.63, 3.8) is 0 Å². The summed E-state index contributed by atoms with van der Waals surface area (Å²) in [5.74, 6) is 0. The van der Waals surface area contributed by atoms with Gasteiger partial charge in [-0.15, -0.1) is 0 Å². The highest BCUT2D eigenvalue weighted by molar-refractivity contribution is 5.75. The smallest absolute Gasteiger partial charge is 0.318 e. The summed E-state index contributed by atoms with van der Waals surface area (Å²) in [5.41, 5.74) is 9.11. The summed E-state index contributed by atoms with van der Waals surface area (Å²) < 4.78 is 5.27. The molecule has 0 radical (unpaired) electrons. The van der Waals surface area contributed by atoms with E-state index in [1.54, 1.807) is 0 Å². The Hall–Kier alpha value is -1.75. The number of ether oxygens (including phenoxy) is 1. The number of nitrogens with zero attached hydrogens (tertiary/aromatic N) is 1. The first-order valence-corrected chi connectivity index (χ1v) is 7.25. The highest BCUT2D eigenvalue weighted by atomic mass is 16.5. The fourth-order valence-electron chi connectivity index (χ4n) is 2.99. The van der Waals surface area contributed by atoms with Crippen molar-refractivity contribution < 1.29 is 9.53 Å². The van der Waals surface area contributed by atoms with Crippen LogP contribution < -0.4 is 11.1 Å². The molecule has 1 heterocycles. The molecule has 0 aromatic heterocycles. The third kappa shape index (κ3) is 2.72. The van der Waals surface area contributed by atoms with E-state index >= 15 is 0 Å². The molecule has 3 N–H and O–H groups in total. The van der Waals surface area contributed by atoms with E-state index in [-0.39, 0.29) is 12.1 Å². The number of rotatable bonds is 1. The molecule has 20 heavy (non-hydrogen) atoms. The maximum absolute atomic E-state index is 12.3. The second kappa shape index (κ2) is 5.71. The first kappa shape index (κ1) is 13.2. The van der Waals surface area contributed by atoms with Crippen molar-refractivity contribution in [1.29, 1.82) is 0 Å². The molecular weight excluding hydrogens is 254 g/mol. The monoisotopic (exact) mass is 275 g/mol. The number of nitrogens with two attached hydrogens (primary N) is 1. The van der Waals surface area contributed by atoms with Crippen LogP contribution in [-0.2, 0) is 11.2 Å². The van der Waals surface area contributed by atoms with Crippen LogP contribution in [0.15, 0.2) is 18.2 Å². The van der Waals surface area contributed by atoms with E-state index in [4.69, 9.17) is 10.5 Å². The fraction of sp³-hybridized carbons (Fsp3) is 0.533. The zero-order valence-corrected chi connectivity index (χ0v) is 11.6. The lowest BCUT2D eigenvalue weighted by atomic mass is 9.87. The Morgan fingerprint density at radius 2 is 2.15 bits per heavy atom. The zero-order chi connectivity index (χ0) is 13.9. The maximum Gasteiger partial charge on any atom is 0.318 e. The topological polar surface area (TPSA) is 67.6 Å². The molecule has 0 spiro atoms. The van der Waals surface area contributed by atoms with E-state index in [1.165, 1.54) is 11.1 Å². The van der Waals surface area contributed by atoms with E-state index in [2.05, 4.69) is 5.32 Å². The lowest BCUT2D eigenvalue weighted by molar-refractivity contribution is 0.0523. The first-order chi connectivity index (χ1) is 9.74. The van der Waals surface area contributed by atoms with Gasteiger partial charge in [0.2, 0.25) is 0 Å². The van der Waals surface area contributed by atoms with Gasteiger partial charge >= 0.3 is 6.03 Å². The molecule has 1 aliphatic heterocycles. The molecule has 1 saturated heterocycles. The van der Waals surface area contributed by atoms with Crippen LogP contribution in [0.1, 0.15) is 30.0 Å². The van der Waals surface area contributed by atoms with Crippen LogP contribution in [0.2, 0.25) is 0 Å². The van der Waals surface area contributed by atoms with E-state index < -0.39 is 0 Å². The Kier molecular flexibility index (Phi) is 3.78. The minimum atomic E-state index is 0.0166. The number of aryl methyl sites for hydroxylation is 1. The van der Waals surface area contributed by atoms with E-state index in [9.17, 15) is 4.79 Å². The van der Waals surface area contributed by atoms with E-state index in [1.807, 2.05) is 23.1 Å². The van der Waals surface area contributed by atoms with Gasteiger partial charge in [-0.2, -0.15) is 0 Å². The Balaban J connectivity index is 1.71. The normalized spacial score (nSPS) is 22.2. The van der Waals surface area contributed by atoms with Gasteiger partial charge in [0.1, 0.15) is 0 Å². The molecule has 2 aliphatic rings. The number of carbonyl (C=O) groups is 1. The second-order valence-electron chi connectivity index (χ2n) is 5.45. The van der Waals surface area contributed by atoms with E-state index in [0.717, 1.165) is 24.9 Å². The van der Waals surface area contributed by atoms with Gasteiger partial charge in [-0.05, 0) is 42.5 Å². The third-order valence-electron chi connectivity index (χ3n) is 4.08. The molecule has 1 fully saturated rings. The van der Waals surface area contributed by atoms with Gasteiger partial charge in [-0.25, -0.2) is 4.79 Å². The quantitative estimate of drug-likeness (QED) is 0.766. The number of nitrogens with one attached hydrogen (secondary N) is 1. The van der Waals surface area contributed by atoms with Crippen molar-refractivity contribution in [3.8, 4) is 0 Å². The molecule has 1 atom stereocenters. The number of morpholine rings is 1. The summed E-state index contributed by atoms with van der Waals surface area (Å²) >= 11 is 0. The molecule has 0 saturated carbocycles. The number of fused-ring (bicyclic) bond motifs is 1. The van der Waals surface area contributed by atoms with Crippen LogP contribution >= 0.6 is 0 Å². The van der Waals surface area contributed by atoms with E-state index in [0.29, 0.717) is 26.3 Å². The lowest BCUT2D eigenvalue weighted by Gasteiger charge is -2.31. The van der Waals surface area contributed by atoms with Gasteiger partial charge in [0.25, 0.3) is 0 Å². The molecule has 1 aromatic rings. The van der Waals surface area contributed by atoms with Gasteiger partial charge < -0.3 is 20.7 Å². The highest BCUT2D eigenvalue weighted by Crippen LogP contribution is 2.31. The number of urea groups is 1. The molecule has 1 aromatic carbocycles. The molecular formula is C15H21N3O2. The van der Waals surface area contributed by atoms with Crippen LogP contribution in [0.5, 0.6) is 0 Å². The summed E-state index contributed by atoms with van der Waals surface area (Å²) in [6, 6.07) is 6.12. The predicted molar refractivity (Wildman–Crippen MR) is 77.5 cm³/mol. The summed E-state index contributed by atoms with van der Waals surface area (Å²) in [6.07, 6.45) is 3.13. The molecule has 5 heteroatoms. The Morgan fingerprint density at radius 3 is 2.95 bits per heavy atom. The molecule has 3 rings (SSSR count). The lowest BCUT2D eigenvalue weighted by Crippen LogP contribution is -2.47. The van der Waals surface area contributed by atoms with Crippen LogP contribution in [0.25, 0.3) is 0 Å². The van der Waals surface area contributed by atoms with Crippen LogP contribution in [0.4, 0.5) is 10.5 Å². The average Bonchev–Trinajstić information content (AvgIpc) is 2.48. The summed E-state index contributed by atoms with van der Waals surface area (Å²) in [5, 5.41) is 3.15. The molecule has 0 bridgehead atoms. The standard InChI is InChI=1S/C15H21N3O2/c16-12-4-5-13-11(10-12)2-1-3-14(13)17-15(19)18-6-8-20-9-7-18/h4-5,10,14H,1-3,6-9,16H2,(H,17,19). The van der Waals surface area contributed by atoms with Gasteiger partial charge in [0.15, 0.2) is 0 Å². The maximum atomic E-state index is 12.3. The van der Waals surface area contributed by atoms with Crippen molar-refractivity contribution in [3.05, 3.63) is 29.3 Å². The Bertz CT molecular complexity index is 498.